The second-order valence-corrected chi connectivity index (χ2v) is 8.14. The van der Waals surface area contributed by atoms with Gasteiger partial charge in [-0.25, -0.2) is 17.8 Å². The van der Waals surface area contributed by atoms with Crippen molar-refractivity contribution < 1.29 is 13.2 Å². The summed E-state index contributed by atoms with van der Waals surface area (Å²) >= 11 is 5.77. The number of hydrogen-bond acceptors (Lipinski definition) is 6. The lowest BCUT2D eigenvalue weighted by molar-refractivity contribution is -0.122. The number of likely N-dealkylation sites (N-methyl/N-ethyl adjacent to an activating group) is 1. The third-order valence-corrected chi connectivity index (χ3v) is 5.84. The van der Waals surface area contributed by atoms with Gasteiger partial charge in [0.15, 0.2) is 0 Å². The van der Waals surface area contributed by atoms with E-state index < -0.39 is 10.0 Å². The van der Waals surface area contributed by atoms with Crippen LogP contribution in [0.25, 0.3) is 0 Å². The standard InChI is InChI=1S/C15H19ClN6O3S/c1-17-15(23)14-6-12(8-18-14)22-9-11(20-21-22)7-19-26(24,25)13-4-2-10(16)3-5-13/h2-5,9,12,14,18-19H,6-8H2,1H3,(H,17,23)/t12-,14+/m1/s1. The van der Waals surface area contributed by atoms with Gasteiger partial charge in [-0.2, -0.15) is 0 Å². The van der Waals surface area contributed by atoms with E-state index in [0.29, 0.717) is 23.7 Å². The Morgan fingerprint density at radius 2 is 2.12 bits per heavy atom. The molecule has 1 aromatic heterocycles. The van der Waals surface area contributed by atoms with Crippen molar-refractivity contribution in [3.63, 3.8) is 0 Å². The molecule has 0 unspecified atom stereocenters. The largest absolute Gasteiger partial charge is 0.358 e. The molecule has 0 radical (unpaired) electrons. The Morgan fingerprint density at radius 3 is 2.81 bits per heavy atom. The zero-order valence-corrected chi connectivity index (χ0v) is 15.6. The van der Waals surface area contributed by atoms with Crippen LogP contribution in [0.4, 0.5) is 0 Å². The lowest BCUT2D eigenvalue weighted by atomic mass is 10.1. The van der Waals surface area contributed by atoms with Crippen molar-refractivity contribution in [3.05, 3.63) is 41.2 Å². The van der Waals surface area contributed by atoms with Crippen LogP contribution in [0.3, 0.4) is 0 Å². The van der Waals surface area contributed by atoms with Crippen LogP contribution >= 0.6 is 11.6 Å². The highest BCUT2D eigenvalue weighted by Gasteiger charge is 2.30. The van der Waals surface area contributed by atoms with Gasteiger partial charge < -0.3 is 10.6 Å². The summed E-state index contributed by atoms with van der Waals surface area (Å²) in [5.41, 5.74) is 0.492. The average molecular weight is 399 g/mol. The highest BCUT2D eigenvalue weighted by atomic mass is 35.5. The molecule has 0 saturated carbocycles. The summed E-state index contributed by atoms with van der Waals surface area (Å²) in [6.45, 7) is 0.612. The van der Waals surface area contributed by atoms with Crippen LogP contribution in [0.15, 0.2) is 35.4 Å². The Bertz CT molecular complexity index is 883. The van der Waals surface area contributed by atoms with Gasteiger partial charge in [-0.1, -0.05) is 16.8 Å². The predicted octanol–water partition coefficient (Wildman–Crippen LogP) is 0.0590. The predicted molar refractivity (Wildman–Crippen MR) is 95.0 cm³/mol. The fourth-order valence-electron chi connectivity index (χ4n) is 2.73. The number of carbonyl (C=O) groups is 1. The molecular formula is C15H19ClN6O3S. The van der Waals surface area contributed by atoms with Crippen LogP contribution < -0.4 is 15.4 Å². The van der Waals surface area contributed by atoms with E-state index in [2.05, 4.69) is 25.7 Å². The third-order valence-electron chi connectivity index (χ3n) is 4.17. The SMILES string of the molecule is CNC(=O)[C@@H]1C[C@@H](n2cc(CNS(=O)(=O)c3ccc(Cl)cc3)nn2)CN1. The molecule has 0 spiro atoms. The maximum atomic E-state index is 12.3. The topological polar surface area (TPSA) is 118 Å². The summed E-state index contributed by atoms with van der Waals surface area (Å²) in [5, 5.41) is 14.2. The van der Waals surface area contributed by atoms with E-state index in [0.717, 1.165) is 0 Å². The van der Waals surface area contributed by atoms with Crippen molar-refractivity contribution in [1.82, 2.24) is 30.3 Å². The van der Waals surface area contributed by atoms with Crippen molar-refractivity contribution in [3.8, 4) is 0 Å². The van der Waals surface area contributed by atoms with Gasteiger partial charge in [0.1, 0.15) is 0 Å². The smallest absolute Gasteiger partial charge is 0.240 e. The summed E-state index contributed by atoms with van der Waals surface area (Å²) in [5.74, 6) is -0.0661. The summed E-state index contributed by atoms with van der Waals surface area (Å²) < 4.78 is 28.7. The number of rotatable bonds is 6. The lowest BCUT2D eigenvalue weighted by Crippen LogP contribution is -2.38. The molecule has 11 heteroatoms. The second-order valence-electron chi connectivity index (χ2n) is 5.93. The van der Waals surface area contributed by atoms with E-state index in [-0.39, 0.29) is 29.4 Å². The molecule has 26 heavy (non-hydrogen) atoms. The molecule has 1 amide bonds. The number of amides is 1. The molecule has 2 atom stereocenters. The Labute approximate surface area is 156 Å². The maximum Gasteiger partial charge on any atom is 0.240 e. The average Bonchev–Trinajstić information content (AvgIpc) is 3.29. The Morgan fingerprint density at radius 1 is 1.38 bits per heavy atom. The number of aromatic nitrogens is 3. The number of hydrogen-bond donors (Lipinski definition) is 3. The third kappa shape index (κ3) is 4.21. The first-order valence-corrected chi connectivity index (χ1v) is 9.86. The molecular weight excluding hydrogens is 380 g/mol. The number of sulfonamides is 1. The van der Waals surface area contributed by atoms with Crippen molar-refractivity contribution in [1.29, 1.82) is 0 Å². The fraction of sp³-hybridized carbons (Fsp3) is 0.400. The Hall–Kier alpha value is -2.01. The number of halogens is 1. The second kappa shape index (κ2) is 7.70. The highest BCUT2D eigenvalue weighted by molar-refractivity contribution is 7.89. The van der Waals surface area contributed by atoms with Crippen molar-refractivity contribution in [2.24, 2.45) is 0 Å². The van der Waals surface area contributed by atoms with Gasteiger partial charge in [0.2, 0.25) is 15.9 Å². The van der Waals surface area contributed by atoms with Gasteiger partial charge in [0, 0.05) is 18.6 Å². The zero-order valence-electron chi connectivity index (χ0n) is 14.0. The molecule has 2 aromatic rings. The zero-order chi connectivity index (χ0) is 18.7. The van der Waals surface area contributed by atoms with Gasteiger partial charge in [-0.3, -0.25) is 4.79 Å². The van der Waals surface area contributed by atoms with E-state index in [1.54, 1.807) is 17.9 Å². The van der Waals surface area contributed by atoms with E-state index in [1.165, 1.54) is 24.3 Å². The van der Waals surface area contributed by atoms with Crippen LogP contribution in [0.5, 0.6) is 0 Å². The molecule has 3 rings (SSSR count). The molecule has 2 heterocycles. The molecule has 1 aliphatic heterocycles. The number of carbonyl (C=O) groups excluding carboxylic acids is 1. The van der Waals surface area contributed by atoms with Crippen LogP contribution in [0.1, 0.15) is 18.2 Å². The maximum absolute atomic E-state index is 12.3. The molecule has 0 aliphatic carbocycles. The van der Waals surface area contributed by atoms with Crippen molar-refractivity contribution >= 4 is 27.5 Å². The molecule has 1 fully saturated rings. The van der Waals surface area contributed by atoms with Gasteiger partial charge in [0.05, 0.1) is 35.4 Å². The van der Waals surface area contributed by atoms with E-state index in [1.807, 2.05) is 0 Å². The van der Waals surface area contributed by atoms with E-state index in [9.17, 15) is 13.2 Å². The van der Waals surface area contributed by atoms with Gasteiger partial charge in [-0.15, -0.1) is 5.10 Å². The van der Waals surface area contributed by atoms with Gasteiger partial charge >= 0.3 is 0 Å². The first-order chi connectivity index (χ1) is 12.4. The quantitative estimate of drug-likeness (QED) is 0.633. The molecule has 1 saturated heterocycles. The highest BCUT2D eigenvalue weighted by Crippen LogP contribution is 2.19. The minimum Gasteiger partial charge on any atom is -0.358 e. The number of nitrogens with one attached hydrogen (secondary N) is 3. The van der Waals surface area contributed by atoms with Crippen LogP contribution in [-0.4, -0.2) is 49.0 Å². The minimum absolute atomic E-state index is 0.00794. The molecule has 1 aliphatic rings. The Balaban J connectivity index is 1.60. The molecule has 9 nitrogen and oxygen atoms in total. The Kier molecular flexibility index (Phi) is 5.56. The molecule has 0 bridgehead atoms. The first kappa shape index (κ1) is 18.8. The number of nitrogens with zero attached hydrogens (tertiary/aromatic N) is 3. The van der Waals surface area contributed by atoms with E-state index in [4.69, 9.17) is 11.6 Å². The monoisotopic (exact) mass is 398 g/mol. The fourth-order valence-corrected chi connectivity index (χ4v) is 3.86. The molecule has 140 valence electrons. The minimum atomic E-state index is -3.66. The summed E-state index contributed by atoms with van der Waals surface area (Å²) in [6.07, 6.45) is 2.28. The summed E-state index contributed by atoms with van der Waals surface area (Å²) in [7, 11) is -2.06. The molecule has 1 aromatic carbocycles. The van der Waals surface area contributed by atoms with Gasteiger partial charge in [0.25, 0.3) is 0 Å². The normalized spacial score (nSPS) is 20.2. The van der Waals surface area contributed by atoms with E-state index >= 15 is 0 Å². The number of benzene rings is 1. The molecule has 3 N–H and O–H groups in total. The summed E-state index contributed by atoms with van der Waals surface area (Å²) in [6, 6.07) is 5.63. The van der Waals surface area contributed by atoms with Crippen molar-refractivity contribution in [2.45, 2.75) is 29.9 Å². The van der Waals surface area contributed by atoms with Crippen LogP contribution in [0.2, 0.25) is 5.02 Å². The first-order valence-electron chi connectivity index (χ1n) is 8.00. The van der Waals surface area contributed by atoms with Crippen LogP contribution in [0, 0.1) is 0 Å². The van der Waals surface area contributed by atoms with Gasteiger partial charge in [-0.05, 0) is 30.7 Å². The lowest BCUT2D eigenvalue weighted by Gasteiger charge is -2.09. The summed E-state index contributed by atoms with van der Waals surface area (Å²) in [4.78, 5) is 11.8. The van der Waals surface area contributed by atoms with Crippen molar-refractivity contribution in [2.75, 3.05) is 13.6 Å². The van der Waals surface area contributed by atoms with Crippen LogP contribution in [-0.2, 0) is 21.4 Å².